The Bertz CT molecular complexity index is 379. The van der Waals surface area contributed by atoms with Crippen LogP contribution in [-0.2, 0) is 24.5 Å². The quantitative estimate of drug-likeness (QED) is 0.560. The monoisotopic (exact) mass is 268 g/mol. The fourth-order valence-electron chi connectivity index (χ4n) is 0.835. The van der Waals surface area contributed by atoms with Crippen LogP contribution >= 0.6 is 0 Å². The van der Waals surface area contributed by atoms with E-state index in [2.05, 4.69) is 4.74 Å². The molecular weight excluding hydrogens is 252 g/mol. The normalized spacial score (nSPS) is 13.4. The predicted octanol–water partition coefficient (Wildman–Crippen LogP) is -1.21. The highest BCUT2D eigenvalue weighted by atomic mass is 32.2. The first-order chi connectivity index (χ1) is 7.70. The van der Waals surface area contributed by atoms with Gasteiger partial charge in [0.05, 0.1) is 13.5 Å². The van der Waals surface area contributed by atoms with Gasteiger partial charge in [0.2, 0.25) is 0 Å². The number of carboxylic acids is 1. The third kappa shape index (κ3) is 5.61. The Hall–Kier alpha value is -1.19. The van der Waals surface area contributed by atoms with Crippen molar-refractivity contribution in [2.75, 3.05) is 20.7 Å². The van der Waals surface area contributed by atoms with Crippen LogP contribution in [0.4, 0.5) is 0 Å². The fraction of sp³-hybridized carbons (Fsp3) is 0.750. The van der Waals surface area contributed by atoms with Gasteiger partial charge in [-0.1, -0.05) is 0 Å². The van der Waals surface area contributed by atoms with E-state index in [1.54, 1.807) is 0 Å². The van der Waals surface area contributed by atoms with Crippen molar-refractivity contribution in [1.29, 1.82) is 0 Å². The van der Waals surface area contributed by atoms with Crippen molar-refractivity contribution in [1.82, 2.24) is 9.03 Å². The van der Waals surface area contributed by atoms with E-state index >= 15 is 0 Å². The molecule has 1 atom stereocenters. The Balaban J connectivity index is 4.40. The molecule has 2 N–H and O–H groups in total. The van der Waals surface area contributed by atoms with Crippen LogP contribution in [0.15, 0.2) is 0 Å². The first-order valence-corrected chi connectivity index (χ1v) is 6.18. The summed E-state index contributed by atoms with van der Waals surface area (Å²) in [6, 6.07) is -1.24. The third-order valence-electron chi connectivity index (χ3n) is 1.96. The van der Waals surface area contributed by atoms with E-state index < -0.39 is 28.2 Å². The molecule has 0 bridgehead atoms. The molecule has 0 aromatic carbocycles. The molecule has 0 amide bonds. The zero-order valence-corrected chi connectivity index (χ0v) is 10.7. The van der Waals surface area contributed by atoms with Crippen molar-refractivity contribution < 1.29 is 27.9 Å². The van der Waals surface area contributed by atoms with Crippen LogP contribution in [0.5, 0.6) is 0 Å². The maximum absolute atomic E-state index is 11.5. The smallest absolute Gasteiger partial charge is 0.321 e. The number of hydrogen-bond acceptors (Lipinski definition) is 5. The van der Waals surface area contributed by atoms with Crippen LogP contribution in [0.25, 0.3) is 0 Å². The van der Waals surface area contributed by atoms with Crippen molar-refractivity contribution in [3.63, 3.8) is 0 Å². The maximum Gasteiger partial charge on any atom is 0.321 e. The number of nitrogens with zero attached hydrogens (tertiary/aromatic N) is 1. The van der Waals surface area contributed by atoms with E-state index in [0.717, 1.165) is 4.31 Å². The lowest BCUT2D eigenvalue weighted by molar-refractivity contribution is -0.141. The highest BCUT2D eigenvalue weighted by molar-refractivity contribution is 7.87. The molecule has 0 rings (SSSR count). The van der Waals surface area contributed by atoms with Gasteiger partial charge < -0.3 is 9.84 Å². The van der Waals surface area contributed by atoms with E-state index in [1.807, 2.05) is 4.72 Å². The SMILES string of the molecule is COC(=O)CCN(C)S(=O)(=O)N[C@@H](C)C(=O)O. The summed E-state index contributed by atoms with van der Waals surface area (Å²) >= 11 is 0. The lowest BCUT2D eigenvalue weighted by Gasteiger charge is -2.18. The molecule has 9 heteroatoms. The van der Waals surface area contributed by atoms with Crippen LogP contribution in [-0.4, -0.2) is 56.5 Å². The van der Waals surface area contributed by atoms with Gasteiger partial charge in [0.25, 0.3) is 10.2 Å². The molecule has 0 unspecified atom stereocenters. The molecule has 17 heavy (non-hydrogen) atoms. The molecule has 0 aliphatic carbocycles. The second-order valence-electron chi connectivity index (χ2n) is 3.33. The third-order valence-corrected chi connectivity index (χ3v) is 3.62. The molecule has 100 valence electrons. The van der Waals surface area contributed by atoms with Gasteiger partial charge in [-0.25, -0.2) is 0 Å². The minimum Gasteiger partial charge on any atom is -0.480 e. The van der Waals surface area contributed by atoms with Crippen LogP contribution in [0, 0.1) is 0 Å². The molecular formula is C8H16N2O6S. The molecule has 0 saturated heterocycles. The lowest BCUT2D eigenvalue weighted by atomic mass is 10.4. The number of hydrogen-bond donors (Lipinski definition) is 2. The van der Waals surface area contributed by atoms with E-state index in [0.29, 0.717) is 0 Å². The van der Waals surface area contributed by atoms with Crippen LogP contribution in [0.3, 0.4) is 0 Å². The van der Waals surface area contributed by atoms with E-state index in [-0.39, 0.29) is 13.0 Å². The average Bonchev–Trinajstić information content (AvgIpc) is 2.24. The summed E-state index contributed by atoms with van der Waals surface area (Å²) in [5.41, 5.74) is 0. The number of carbonyl (C=O) groups excluding carboxylic acids is 1. The van der Waals surface area contributed by atoms with E-state index in [4.69, 9.17) is 5.11 Å². The molecule has 0 radical (unpaired) electrons. The number of esters is 1. The summed E-state index contributed by atoms with van der Waals surface area (Å²) in [5.74, 6) is -1.83. The molecule has 0 aliphatic rings. The predicted molar refractivity (Wildman–Crippen MR) is 58.4 cm³/mol. The fourth-order valence-corrected chi connectivity index (χ4v) is 1.89. The van der Waals surface area contributed by atoms with Crippen LogP contribution in [0.2, 0.25) is 0 Å². The second-order valence-corrected chi connectivity index (χ2v) is 5.14. The topological polar surface area (TPSA) is 113 Å². The molecule has 0 heterocycles. The van der Waals surface area contributed by atoms with Crippen molar-refractivity contribution in [2.45, 2.75) is 19.4 Å². The lowest BCUT2D eigenvalue weighted by Crippen LogP contribution is -2.46. The highest BCUT2D eigenvalue weighted by Crippen LogP contribution is 1.98. The first kappa shape index (κ1) is 15.8. The maximum atomic E-state index is 11.5. The number of methoxy groups -OCH3 is 1. The first-order valence-electron chi connectivity index (χ1n) is 4.74. The van der Waals surface area contributed by atoms with Crippen molar-refractivity contribution in [2.24, 2.45) is 0 Å². The van der Waals surface area contributed by atoms with Crippen molar-refractivity contribution in [3.8, 4) is 0 Å². The average molecular weight is 268 g/mol. The van der Waals surface area contributed by atoms with Crippen LogP contribution < -0.4 is 4.72 Å². The number of carboxylic acid groups (broad SMARTS) is 1. The van der Waals surface area contributed by atoms with E-state index in [1.165, 1.54) is 21.1 Å². The van der Waals surface area contributed by atoms with Crippen molar-refractivity contribution in [3.05, 3.63) is 0 Å². The number of aliphatic carboxylic acids is 1. The Kier molecular flexibility index (Phi) is 6.07. The molecule has 0 fully saturated rings. The molecule has 0 aromatic heterocycles. The molecule has 0 aliphatic heterocycles. The summed E-state index contributed by atoms with van der Waals surface area (Å²) in [6.07, 6.45) is -0.102. The van der Waals surface area contributed by atoms with Gasteiger partial charge in [0, 0.05) is 13.6 Å². The second kappa shape index (κ2) is 6.52. The Morgan fingerprint density at radius 2 is 2.00 bits per heavy atom. The number of nitrogens with one attached hydrogen (secondary N) is 1. The largest absolute Gasteiger partial charge is 0.480 e. The summed E-state index contributed by atoms with van der Waals surface area (Å²) in [4.78, 5) is 21.3. The van der Waals surface area contributed by atoms with E-state index in [9.17, 15) is 18.0 Å². The Morgan fingerprint density at radius 1 is 1.47 bits per heavy atom. The molecule has 0 spiro atoms. The van der Waals surface area contributed by atoms with Gasteiger partial charge in [0.1, 0.15) is 6.04 Å². The molecule has 0 saturated carbocycles. The van der Waals surface area contributed by atoms with Gasteiger partial charge >= 0.3 is 11.9 Å². The minimum atomic E-state index is -3.91. The number of carbonyl (C=O) groups is 2. The summed E-state index contributed by atoms with van der Waals surface area (Å²) in [7, 11) is -1.48. The zero-order valence-electron chi connectivity index (χ0n) is 9.84. The number of rotatable bonds is 7. The van der Waals surface area contributed by atoms with Crippen molar-refractivity contribution >= 4 is 22.1 Å². The zero-order chi connectivity index (χ0) is 13.6. The molecule has 0 aromatic rings. The Labute approximate surface area is 99.7 Å². The van der Waals surface area contributed by atoms with Gasteiger partial charge in [-0.2, -0.15) is 17.4 Å². The molecule has 8 nitrogen and oxygen atoms in total. The Morgan fingerprint density at radius 3 is 2.41 bits per heavy atom. The van der Waals surface area contributed by atoms with Crippen LogP contribution in [0.1, 0.15) is 13.3 Å². The van der Waals surface area contributed by atoms with Gasteiger partial charge in [-0.15, -0.1) is 0 Å². The summed E-state index contributed by atoms with van der Waals surface area (Å²) in [6.45, 7) is 1.11. The standard InChI is InChI=1S/C8H16N2O6S/c1-6(8(12)13)9-17(14,15)10(2)5-4-7(11)16-3/h6,9H,4-5H2,1-3H3,(H,12,13)/t6-/m0/s1. The minimum absolute atomic E-state index is 0.0889. The van der Waals surface area contributed by atoms with Gasteiger partial charge in [0.15, 0.2) is 0 Å². The highest BCUT2D eigenvalue weighted by Gasteiger charge is 2.23. The van der Waals surface area contributed by atoms with Gasteiger partial charge in [-0.05, 0) is 6.92 Å². The summed E-state index contributed by atoms with van der Waals surface area (Å²) in [5, 5.41) is 8.56. The summed E-state index contributed by atoms with van der Waals surface area (Å²) < 4.78 is 30.2. The van der Waals surface area contributed by atoms with Gasteiger partial charge in [-0.3, -0.25) is 9.59 Å². The number of ether oxygens (including phenoxy) is 1.